The molecule has 1 aromatic heterocycles. The summed E-state index contributed by atoms with van der Waals surface area (Å²) >= 11 is 3.32. The summed E-state index contributed by atoms with van der Waals surface area (Å²) in [4.78, 5) is 18.3. The first-order chi connectivity index (χ1) is 10.1. The van der Waals surface area contributed by atoms with Crippen LogP contribution < -0.4 is 11.1 Å². The number of pyridine rings is 1. The molecule has 0 bridgehead atoms. The monoisotopic (exact) mass is 355 g/mol. The Hall–Kier alpha value is -1.67. The van der Waals surface area contributed by atoms with Crippen molar-refractivity contribution >= 4 is 27.7 Å². The molecule has 2 heterocycles. The molecule has 0 aromatic carbocycles. The van der Waals surface area contributed by atoms with Gasteiger partial charge in [0.2, 0.25) is 0 Å². The quantitative estimate of drug-likeness (QED) is 0.320. The fraction of sp³-hybridized carbons (Fsp3) is 0.462. The van der Waals surface area contributed by atoms with Gasteiger partial charge in [0.25, 0.3) is 5.91 Å². The van der Waals surface area contributed by atoms with Gasteiger partial charge in [0.1, 0.15) is 5.69 Å². The van der Waals surface area contributed by atoms with Crippen LogP contribution >= 0.6 is 15.9 Å². The molecule has 114 valence electrons. The summed E-state index contributed by atoms with van der Waals surface area (Å²) in [6, 6.07) is 3.68. The summed E-state index contributed by atoms with van der Waals surface area (Å²) in [6.07, 6.45) is 3.25. The van der Waals surface area contributed by atoms with Crippen LogP contribution in [-0.2, 0) is 0 Å². The lowest BCUT2D eigenvalue weighted by atomic mass is 10.0. The molecule has 21 heavy (non-hydrogen) atoms. The number of carbonyl (C=O) groups excluding carboxylic acids is 1. The molecular formula is C13H18BrN5O2. The SMILES string of the molecule is N/C(CN1CCC(NC(=O)c2ncccc2Br)CC1)=N/O. The molecule has 0 aliphatic carbocycles. The lowest BCUT2D eigenvalue weighted by Crippen LogP contribution is -2.46. The molecule has 1 aromatic rings. The van der Waals surface area contributed by atoms with Crippen LogP contribution in [0.5, 0.6) is 0 Å². The second-order valence-corrected chi connectivity index (χ2v) is 5.80. The second-order valence-electron chi connectivity index (χ2n) is 4.95. The standard InChI is InChI=1S/C13H18BrN5O2/c14-10-2-1-5-16-12(10)13(20)17-9-3-6-19(7-4-9)8-11(15)18-21/h1-2,5,9,21H,3-4,6-8H2,(H2,15,18)(H,17,20). The smallest absolute Gasteiger partial charge is 0.271 e. The number of likely N-dealkylation sites (tertiary alicyclic amines) is 1. The van der Waals surface area contributed by atoms with Gasteiger partial charge >= 0.3 is 0 Å². The number of amidine groups is 1. The number of nitrogens with two attached hydrogens (primary N) is 1. The zero-order chi connectivity index (χ0) is 15.2. The first-order valence-electron chi connectivity index (χ1n) is 6.70. The predicted molar refractivity (Wildman–Crippen MR) is 82.3 cm³/mol. The Morgan fingerprint density at radius 1 is 1.57 bits per heavy atom. The van der Waals surface area contributed by atoms with E-state index in [0.29, 0.717) is 16.7 Å². The minimum Gasteiger partial charge on any atom is -0.409 e. The van der Waals surface area contributed by atoms with Crippen molar-refractivity contribution in [1.82, 2.24) is 15.2 Å². The minimum absolute atomic E-state index is 0.120. The van der Waals surface area contributed by atoms with Crippen molar-refractivity contribution < 1.29 is 10.0 Å². The number of rotatable bonds is 4. The van der Waals surface area contributed by atoms with Gasteiger partial charge in [-0.25, -0.2) is 4.98 Å². The van der Waals surface area contributed by atoms with Crippen molar-refractivity contribution in [1.29, 1.82) is 0 Å². The molecule has 8 heteroatoms. The van der Waals surface area contributed by atoms with Gasteiger partial charge in [-0.1, -0.05) is 5.16 Å². The Morgan fingerprint density at radius 3 is 2.90 bits per heavy atom. The number of amides is 1. The molecule has 0 atom stereocenters. The van der Waals surface area contributed by atoms with Gasteiger partial charge in [-0.15, -0.1) is 0 Å². The summed E-state index contributed by atoms with van der Waals surface area (Å²) in [5.41, 5.74) is 5.89. The van der Waals surface area contributed by atoms with E-state index in [0.717, 1.165) is 25.9 Å². The van der Waals surface area contributed by atoms with E-state index in [1.54, 1.807) is 18.3 Å². The van der Waals surface area contributed by atoms with Crippen LogP contribution in [0.15, 0.2) is 28.0 Å². The van der Waals surface area contributed by atoms with Gasteiger partial charge in [0.05, 0.1) is 6.54 Å². The highest BCUT2D eigenvalue weighted by Crippen LogP contribution is 2.15. The van der Waals surface area contributed by atoms with Crippen LogP contribution in [0, 0.1) is 0 Å². The highest BCUT2D eigenvalue weighted by molar-refractivity contribution is 9.10. The lowest BCUT2D eigenvalue weighted by Gasteiger charge is -2.31. The molecule has 1 saturated heterocycles. The summed E-state index contributed by atoms with van der Waals surface area (Å²) in [5.74, 6) is 0.0345. The Kier molecular flexibility index (Phi) is 5.51. The van der Waals surface area contributed by atoms with Crippen molar-refractivity contribution in [2.24, 2.45) is 10.9 Å². The highest BCUT2D eigenvalue weighted by atomic mass is 79.9. The number of nitrogens with one attached hydrogen (secondary N) is 1. The Morgan fingerprint density at radius 2 is 2.29 bits per heavy atom. The summed E-state index contributed by atoms with van der Waals surface area (Å²) in [6.45, 7) is 2.04. The number of piperidine rings is 1. The number of carbonyl (C=O) groups is 1. The van der Waals surface area contributed by atoms with E-state index in [-0.39, 0.29) is 17.8 Å². The number of hydrogen-bond donors (Lipinski definition) is 3. The number of hydrogen-bond acceptors (Lipinski definition) is 5. The third kappa shape index (κ3) is 4.40. The van der Waals surface area contributed by atoms with Gasteiger partial charge in [-0.3, -0.25) is 9.69 Å². The van der Waals surface area contributed by atoms with Gasteiger partial charge in [0.15, 0.2) is 5.84 Å². The summed E-state index contributed by atoms with van der Waals surface area (Å²) in [5, 5.41) is 14.5. The molecule has 1 aliphatic heterocycles. The molecule has 0 radical (unpaired) electrons. The first kappa shape index (κ1) is 15.7. The molecule has 4 N–H and O–H groups in total. The third-order valence-corrected chi connectivity index (χ3v) is 4.05. The molecular weight excluding hydrogens is 338 g/mol. The van der Waals surface area contributed by atoms with Crippen LogP contribution in [0.25, 0.3) is 0 Å². The zero-order valence-corrected chi connectivity index (χ0v) is 13.1. The number of aromatic nitrogens is 1. The van der Waals surface area contributed by atoms with E-state index in [4.69, 9.17) is 10.9 Å². The zero-order valence-electron chi connectivity index (χ0n) is 11.5. The minimum atomic E-state index is -0.169. The number of oxime groups is 1. The third-order valence-electron chi connectivity index (χ3n) is 3.41. The van der Waals surface area contributed by atoms with Crippen LogP contribution in [0.4, 0.5) is 0 Å². The van der Waals surface area contributed by atoms with E-state index in [2.05, 4.69) is 36.3 Å². The van der Waals surface area contributed by atoms with Crippen LogP contribution in [0.3, 0.4) is 0 Å². The van der Waals surface area contributed by atoms with Crippen molar-refractivity contribution in [3.8, 4) is 0 Å². The summed E-state index contributed by atoms with van der Waals surface area (Å²) < 4.78 is 0.687. The van der Waals surface area contributed by atoms with E-state index in [1.165, 1.54) is 0 Å². The van der Waals surface area contributed by atoms with Gasteiger partial charge in [0, 0.05) is 29.8 Å². The molecule has 7 nitrogen and oxygen atoms in total. The Bertz CT molecular complexity index is 529. The molecule has 1 amide bonds. The number of halogens is 1. The predicted octanol–water partition coefficient (Wildman–Crippen LogP) is 0.785. The van der Waals surface area contributed by atoms with Crippen molar-refractivity contribution in [2.45, 2.75) is 18.9 Å². The Balaban J connectivity index is 1.84. The molecule has 0 spiro atoms. The first-order valence-corrected chi connectivity index (χ1v) is 7.49. The van der Waals surface area contributed by atoms with E-state index in [1.807, 2.05) is 0 Å². The van der Waals surface area contributed by atoms with Crippen LogP contribution in [0.2, 0.25) is 0 Å². The van der Waals surface area contributed by atoms with Gasteiger partial charge in [-0.2, -0.15) is 0 Å². The fourth-order valence-corrected chi connectivity index (χ4v) is 2.74. The molecule has 0 saturated carbocycles. The molecule has 2 rings (SSSR count). The molecule has 1 aliphatic rings. The van der Waals surface area contributed by atoms with E-state index in [9.17, 15) is 4.79 Å². The van der Waals surface area contributed by atoms with Crippen LogP contribution in [0.1, 0.15) is 23.3 Å². The lowest BCUT2D eigenvalue weighted by molar-refractivity contribution is 0.0908. The van der Waals surface area contributed by atoms with E-state index < -0.39 is 0 Å². The molecule has 0 unspecified atom stereocenters. The maximum Gasteiger partial charge on any atom is 0.271 e. The van der Waals surface area contributed by atoms with Crippen LogP contribution in [-0.4, -0.2) is 52.5 Å². The maximum absolute atomic E-state index is 12.1. The molecule has 1 fully saturated rings. The summed E-state index contributed by atoms with van der Waals surface area (Å²) in [7, 11) is 0. The topological polar surface area (TPSA) is 104 Å². The van der Waals surface area contributed by atoms with Gasteiger partial charge in [-0.05, 0) is 40.9 Å². The Labute approximate surface area is 131 Å². The average Bonchev–Trinajstić information content (AvgIpc) is 2.49. The highest BCUT2D eigenvalue weighted by Gasteiger charge is 2.22. The van der Waals surface area contributed by atoms with Crippen molar-refractivity contribution in [3.05, 3.63) is 28.5 Å². The van der Waals surface area contributed by atoms with Crippen molar-refractivity contribution in [3.63, 3.8) is 0 Å². The number of nitrogens with zero attached hydrogens (tertiary/aromatic N) is 3. The van der Waals surface area contributed by atoms with E-state index >= 15 is 0 Å². The second kappa shape index (κ2) is 7.37. The largest absolute Gasteiger partial charge is 0.409 e. The normalized spacial score (nSPS) is 17.7. The van der Waals surface area contributed by atoms with Gasteiger partial charge < -0.3 is 16.3 Å². The van der Waals surface area contributed by atoms with Crippen molar-refractivity contribution in [2.75, 3.05) is 19.6 Å². The average molecular weight is 356 g/mol. The fourth-order valence-electron chi connectivity index (χ4n) is 2.30. The maximum atomic E-state index is 12.1.